The molecule has 110 valence electrons. The smallest absolute Gasteiger partial charge is 0.260 e. The number of halogens is 2. The average molecular weight is 291 g/mol. The van der Waals surface area contributed by atoms with Gasteiger partial charge in [0, 0.05) is 12.6 Å². The quantitative estimate of drug-likeness (QED) is 0.940. The van der Waals surface area contributed by atoms with E-state index in [-0.39, 0.29) is 5.75 Å². The van der Waals surface area contributed by atoms with E-state index in [9.17, 15) is 18.7 Å². The van der Waals surface area contributed by atoms with E-state index in [1.54, 1.807) is 25.1 Å². The number of phenolic OH excluding ortho intramolecular Hbond substituents is 1. The Balaban J connectivity index is 2.34. The Bertz CT molecular complexity index is 653. The third-order valence-corrected chi connectivity index (χ3v) is 3.46. The van der Waals surface area contributed by atoms with Gasteiger partial charge in [0.1, 0.15) is 22.9 Å². The number of carbonyl (C=O) groups is 1. The van der Waals surface area contributed by atoms with Crippen LogP contribution in [0.5, 0.6) is 5.75 Å². The first kappa shape index (κ1) is 15.0. The summed E-state index contributed by atoms with van der Waals surface area (Å²) in [5.41, 5.74) is -0.0904. The molecule has 0 bridgehead atoms. The van der Waals surface area contributed by atoms with E-state index in [2.05, 4.69) is 0 Å². The summed E-state index contributed by atoms with van der Waals surface area (Å²) in [6.45, 7) is 1.67. The minimum Gasteiger partial charge on any atom is -0.508 e. The molecule has 0 heterocycles. The second-order valence-corrected chi connectivity index (χ2v) is 4.75. The van der Waals surface area contributed by atoms with E-state index in [4.69, 9.17) is 0 Å². The van der Waals surface area contributed by atoms with Gasteiger partial charge in [-0.3, -0.25) is 4.79 Å². The number of aromatic hydroxyl groups is 1. The summed E-state index contributed by atoms with van der Waals surface area (Å²) in [6.07, 6.45) is 0. The normalized spacial score (nSPS) is 12.0. The lowest BCUT2D eigenvalue weighted by Crippen LogP contribution is -2.31. The third-order valence-electron chi connectivity index (χ3n) is 3.46. The molecule has 2 aromatic rings. The van der Waals surface area contributed by atoms with Crippen LogP contribution in [0, 0.1) is 11.6 Å². The summed E-state index contributed by atoms with van der Waals surface area (Å²) in [7, 11) is 1.44. The molecule has 0 aliphatic rings. The van der Waals surface area contributed by atoms with Gasteiger partial charge in [0.15, 0.2) is 0 Å². The van der Waals surface area contributed by atoms with Crippen LogP contribution in [0.15, 0.2) is 42.5 Å². The number of carbonyl (C=O) groups excluding carboxylic acids is 1. The van der Waals surface area contributed by atoms with Gasteiger partial charge in [-0.15, -0.1) is 0 Å². The zero-order valence-electron chi connectivity index (χ0n) is 11.7. The van der Waals surface area contributed by atoms with Crippen molar-refractivity contribution in [1.82, 2.24) is 4.90 Å². The first-order chi connectivity index (χ1) is 9.93. The lowest BCUT2D eigenvalue weighted by molar-refractivity contribution is 0.0731. The molecule has 0 fully saturated rings. The SMILES string of the molecule is CC(c1ccccc1O)N(C)C(=O)c1c(F)cccc1F. The van der Waals surface area contributed by atoms with Crippen molar-refractivity contribution in [2.45, 2.75) is 13.0 Å². The van der Waals surface area contributed by atoms with Gasteiger partial charge in [0.25, 0.3) is 5.91 Å². The maximum absolute atomic E-state index is 13.7. The van der Waals surface area contributed by atoms with Crippen LogP contribution in [-0.4, -0.2) is 23.0 Å². The summed E-state index contributed by atoms with van der Waals surface area (Å²) in [5, 5.41) is 9.81. The van der Waals surface area contributed by atoms with Crippen molar-refractivity contribution in [3.05, 3.63) is 65.2 Å². The highest BCUT2D eigenvalue weighted by Gasteiger charge is 2.25. The lowest BCUT2D eigenvalue weighted by Gasteiger charge is -2.26. The van der Waals surface area contributed by atoms with Crippen molar-refractivity contribution >= 4 is 5.91 Å². The minimum absolute atomic E-state index is 0.0265. The van der Waals surface area contributed by atoms with E-state index in [1.807, 2.05) is 0 Å². The van der Waals surface area contributed by atoms with Gasteiger partial charge >= 0.3 is 0 Å². The lowest BCUT2D eigenvalue weighted by atomic mass is 10.0. The van der Waals surface area contributed by atoms with E-state index in [0.29, 0.717) is 5.56 Å². The first-order valence-electron chi connectivity index (χ1n) is 6.42. The van der Waals surface area contributed by atoms with Gasteiger partial charge in [-0.1, -0.05) is 24.3 Å². The van der Waals surface area contributed by atoms with E-state index in [1.165, 1.54) is 24.1 Å². The number of amides is 1. The van der Waals surface area contributed by atoms with Crippen molar-refractivity contribution in [3.8, 4) is 5.75 Å². The molecule has 0 aliphatic carbocycles. The molecular weight excluding hydrogens is 276 g/mol. The molecule has 0 saturated carbocycles. The Kier molecular flexibility index (Phi) is 4.21. The van der Waals surface area contributed by atoms with E-state index < -0.39 is 29.1 Å². The second kappa shape index (κ2) is 5.91. The maximum Gasteiger partial charge on any atom is 0.260 e. The fraction of sp³-hybridized carbons (Fsp3) is 0.188. The van der Waals surface area contributed by atoms with Crippen molar-refractivity contribution < 1.29 is 18.7 Å². The maximum atomic E-state index is 13.7. The zero-order valence-corrected chi connectivity index (χ0v) is 11.7. The molecule has 1 N–H and O–H groups in total. The molecule has 2 aromatic carbocycles. The molecule has 0 aromatic heterocycles. The van der Waals surface area contributed by atoms with Crippen LogP contribution in [0.1, 0.15) is 28.9 Å². The number of para-hydroxylation sites is 1. The standard InChI is InChI=1S/C16H15F2NO2/c1-10(11-6-3-4-9-14(11)20)19(2)16(21)15-12(17)7-5-8-13(15)18/h3-10,20H,1-2H3. The topological polar surface area (TPSA) is 40.5 Å². The van der Waals surface area contributed by atoms with Crippen LogP contribution in [0.2, 0.25) is 0 Å². The number of nitrogens with zero attached hydrogens (tertiary/aromatic N) is 1. The molecule has 0 radical (unpaired) electrons. The highest BCUT2D eigenvalue weighted by Crippen LogP contribution is 2.28. The summed E-state index contributed by atoms with van der Waals surface area (Å²) in [4.78, 5) is 13.5. The van der Waals surface area contributed by atoms with E-state index in [0.717, 1.165) is 12.1 Å². The summed E-state index contributed by atoms with van der Waals surface area (Å²) >= 11 is 0. The summed E-state index contributed by atoms with van der Waals surface area (Å²) in [6, 6.07) is 9.27. The van der Waals surface area contributed by atoms with Gasteiger partial charge in [-0.2, -0.15) is 0 Å². The number of phenols is 1. The molecule has 0 aliphatic heterocycles. The molecule has 5 heteroatoms. The molecule has 2 rings (SSSR count). The predicted molar refractivity (Wildman–Crippen MR) is 75.0 cm³/mol. The number of rotatable bonds is 3. The highest BCUT2D eigenvalue weighted by molar-refractivity contribution is 5.94. The van der Waals surface area contributed by atoms with Crippen LogP contribution < -0.4 is 0 Å². The fourth-order valence-corrected chi connectivity index (χ4v) is 2.10. The van der Waals surface area contributed by atoms with Crippen LogP contribution in [-0.2, 0) is 0 Å². The molecule has 21 heavy (non-hydrogen) atoms. The predicted octanol–water partition coefficient (Wildman–Crippen LogP) is 3.50. The molecule has 1 unspecified atom stereocenters. The van der Waals surface area contributed by atoms with E-state index >= 15 is 0 Å². The summed E-state index contributed by atoms with van der Waals surface area (Å²) < 4.78 is 27.3. The minimum atomic E-state index is -0.906. The molecule has 0 saturated heterocycles. The van der Waals surface area contributed by atoms with Gasteiger partial charge in [-0.25, -0.2) is 8.78 Å². The Labute approximate surface area is 121 Å². The Morgan fingerprint density at radius 2 is 1.67 bits per heavy atom. The molecule has 1 atom stereocenters. The van der Waals surface area contributed by atoms with Crippen molar-refractivity contribution in [1.29, 1.82) is 0 Å². The van der Waals surface area contributed by atoms with Gasteiger partial charge in [0.05, 0.1) is 6.04 Å². The average Bonchev–Trinajstić information content (AvgIpc) is 2.46. The van der Waals surface area contributed by atoms with Crippen molar-refractivity contribution in [2.24, 2.45) is 0 Å². The van der Waals surface area contributed by atoms with Crippen LogP contribution in [0.4, 0.5) is 8.78 Å². The van der Waals surface area contributed by atoms with Crippen LogP contribution >= 0.6 is 0 Å². The third kappa shape index (κ3) is 2.86. The zero-order chi connectivity index (χ0) is 15.6. The number of hydrogen-bond acceptors (Lipinski definition) is 2. The monoisotopic (exact) mass is 291 g/mol. The Morgan fingerprint density at radius 1 is 1.10 bits per heavy atom. The molecule has 1 amide bonds. The van der Waals surface area contributed by atoms with Gasteiger partial charge in [-0.05, 0) is 25.1 Å². The van der Waals surface area contributed by atoms with Crippen LogP contribution in [0.25, 0.3) is 0 Å². The fourth-order valence-electron chi connectivity index (χ4n) is 2.10. The van der Waals surface area contributed by atoms with Crippen LogP contribution in [0.3, 0.4) is 0 Å². The van der Waals surface area contributed by atoms with Crippen molar-refractivity contribution in [3.63, 3.8) is 0 Å². The summed E-state index contributed by atoms with van der Waals surface area (Å²) in [5.74, 6) is -2.56. The first-order valence-corrected chi connectivity index (χ1v) is 6.42. The number of hydrogen-bond donors (Lipinski definition) is 1. The molecule has 0 spiro atoms. The number of benzene rings is 2. The molecular formula is C16H15F2NO2. The Hall–Kier alpha value is -2.43. The van der Waals surface area contributed by atoms with Crippen molar-refractivity contribution in [2.75, 3.05) is 7.05 Å². The highest BCUT2D eigenvalue weighted by atomic mass is 19.1. The molecule has 3 nitrogen and oxygen atoms in total. The Morgan fingerprint density at radius 3 is 2.24 bits per heavy atom. The largest absolute Gasteiger partial charge is 0.508 e. The van der Waals surface area contributed by atoms with Gasteiger partial charge in [0.2, 0.25) is 0 Å². The van der Waals surface area contributed by atoms with Gasteiger partial charge < -0.3 is 10.0 Å². The second-order valence-electron chi connectivity index (χ2n) is 4.75.